The van der Waals surface area contributed by atoms with E-state index in [1.165, 1.54) is 6.92 Å². The molecule has 0 spiro atoms. The minimum Gasteiger partial charge on any atom is -0.493 e. The molecule has 0 fully saturated rings. The van der Waals surface area contributed by atoms with E-state index in [-0.39, 0.29) is 12.3 Å². The summed E-state index contributed by atoms with van der Waals surface area (Å²) in [5.74, 6) is -1.04. The largest absolute Gasteiger partial charge is 0.493 e. The molecule has 0 aliphatic carbocycles. The lowest BCUT2D eigenvalue weighted by atomic mass is 10.1. The molecule has 0 bridgehead atoms. The van der Waals surface area contributed by atoms with Crippen LogP contribution in [0.25, 0.3) is 10.9 Å². The predicted molar refractivity (Wildman–Crippen MR) is 108 cm³/mol. The van der Waals surface area contributed by atoms with Gasteiger partial charge in [-0.3, -0.25) is 14.4 Å². The van der Waals surface area contributed by atoms with Crippen molar-refractivity contribution in [3.63, 3.8) is 0 Å². The number of esters is 1. The molecule has 0 saturated heterocycles. The van der Waals surface area contributed by atoms with Crippen LogP contribution >= 0.6 is 0 Å². The highest BCUT2D eigenvalue weighted by Crippen LogP contribution is 2.20. The first kappa shape index (κ1) is 20.1. The summed E-state index contributed by atoms with van der Waals surface area (Å²) >= 11 is 0. The molecule has 7 nitrogen and oxygen atoms in total. The van der Waals surface area contributed by atoms with Crippen LogP contribution in [0.3, 0.4) is 0 Å². The Bertz CT molecular complexity index is 1040. The number of aromatic amines is 1. The molecule has 1 heterocycles. The highest BCUT2D eigenvalue weighted by atomic mass is 16.5. The molecule has 29 heavy (non-hydrogen) atoms. The zero-order valence-electron chi connectivity index (χ0n) is 16.2. The van der Waals surface area contributed by atoms with Crippen molar-refractivity contribution in [2.45, 2.75) is 20.0 Å². The third kappa shape index (κ3) is 4.63. The molecule has 1 amide bonds. The Kier molecular flexibility index (Phi) is 6.29. The summed E-state index contributed by atoms with van der Waals surface area (Å²) in [6.07, 6.45) is 0.623. The number of hydrogen-bond acceptors (Lipinski definition) is 5. The number of aromatic nitrogens is 1. The molecule has 3 rings (SSSR count). The Morgan fingerprint density at radius 2 is 1.76 bits per heavy atom. The number of amides is 1. The van der Waals surface area contributed by atoms with Crippen LogP contribution in [-0.2, 0) is 9.53 Å². The smallest absolute Gasteiger partial charge is 0.326 e. The van der Waals surface area contributed by atoms with Gasteiger partial charge in [0.05, 0.1) is 12.2 Å². The molecule has 0 saturated carbocycles. The monoisotopic (exact) mass is 394 g/mol. The van der Waals surface area contributed by atoms with E-state index in [4.69, 9.17) is 9.47 Å². The van der Waals surface area contributed by atoms with Crippen LogP contribution < -0.4 is 10.1 Å². The average molecular weight is 394 g/mol. The van der Waals surface area contributed by atoms with Gasteiger partial charge >= 0.3 is 5.97 Å². The maximum absolute atomic E-state index is 12.6. The number of Topliss-reactive ketones (excluding diaryl/α,β-unsaturated/α-hetero) is 1. The highest BCUT2D eigenvalue weighted by molar-refractivity contribution is 6.10. The Morgan fingerprint density at radius 3 is 2.55 bits per heavy atom. The van der Waals surface area contributed by atoms with Crippen LogP contribution in [0.2, 0.25) is 0 Å². The van der Waals surface area contributed by atoms with Crippen LogP contribution in [0.4, 0.5) is 0 Å². The van der Waals surface area contributed by atoms with Crippen molar-refractivity contribution in [1.29, 1.82) is 0 Å². The van der Waals surface area contributed by atoms with Crippen molar-refractivity contribution in [2.24, 2.45) is 0 Å². The van der Waals surface area contributed by atoms with E-state index < -0.39 is 18.0 Å². The Hall–Kier alpha value is -3.61. The van der Waals surface area contributed by atoms with E-state index >= 15 is 0 Å². The Labute approximate surface area is 168 Å². The first-order valence-corrected chi connectivity index (χ1v) is 9.31. The Balaban J connectivity index is 1.58. The van der Waals surface area contributed by atoms with Crippen molar-refractivity contribution in [3.8, 4) is 5.75 Å². The number of rotatable bonds is 8. The van der Waals surface area contributed by atoms with E-state index in [9.17, 15) is 14.4 Å². The van der Waals surface area contributed by atoms with Gasteiger partial charge in [0.1, 0.15) is 12.3 Å². The molecule has 150 valence electrons. The second-order valence-electron chi connectivity index (χ2n) is 6.36. The zero-order valence-corrected chi connectivity index (χ0v) is 16.2. The number of para-hydroxylation sites is 2. The van der Waals surface area contributed by atoms with Crippen molar-refractivity contribution in [2.75, 3.05) is 13.2 Å². The minimum atomic E-state index is -0.977. The van der Waals surface area contributed by atoms with Crippen LogP contribution in [0.5, 0.6) is 5.75 Å². The molecule has 0 unspecified atom stereocenters. The maximum Gasteiger partial charge on any atom is 0.326 e. The van der Waals surface area contributed by atoms with E-state index in [1.807, 2.05) is 31.2 Å². The van der Waals surface area contributed by atoms with Crippen molar-refractivity contribution >= 4 is 28.6 Å². The lowest BCUT2D eigenvalue weighted by Crippen LogP contribution is -2.34. The van der Waals surface area contributed by atoms with Gasteiger partial charge in [0, 0.05) is 22.7 Å². The third-order valence-electron chi connectivity index (χ3n) is 4.36. The summed E-state index contributed by atoms with van der Waals surface area (Å²) in [6.45, 7) is 3.39. The van der Waals surface area contributed by atoms with Crippen molar-refractivity contribution in [1.82, 2.24) is 10.3 Å². The molecule has 2 N–H and O–H groups in total. The molecule has 0 radical (unpaired) electrons. The molecule has 0 aliphatic rings. The number of hydrogen-bond donors (Lipinski definition) is 2. The standard InChI is InChI=1S/C22H22N2O5/c1-3-28-19-11-7-5-9-16(19)22(27)24-13-20(25)29-14(2)21(26)17-12-23-18-10-6-4-8-15(17)18/h4-12,14,23H,3,13H2,1-2H3,(H,24,27)/t14-/m1/s1. The summed E-state index contributed by atoms with van der Waals surface area (Å²) in [6, 6.07) is 14.1. The summed E-state index contributed by atoms with van der Waals surface area (Å²) in [7, 11) is 0. The normalized spacial score (nSPS) is 11.7. The second kappa shape index (κ2) is 9.05. The third-order valence-corrected chi connectivity index (χ3v) is 4.36. The fraction of sp³-hybridized carbons (Fsp3) is 0.227. The van der Waals surface area contributed by atoms with E-state index in [0.717, 1.165) is 10.9 Å². The number of H-pyrrole nitrogens is 1. The molecule has 1 aromatic heterocycles. The molecule has 7 heteroatoms. The van der Waals surface area contributed by atoms with Gasteiger partial charge in [-0.1, -0.05) is 30.3 Å². The van der Waals surface area contributed by atoms with Crippen molar-refractivity contribution in [3.05, 3.63) is 65.9 Å². The highest BCUT2D eigenvalue weighted by Gasteiger charge is 2.22. The number of fused-ring (bicyclic) bond motifs is 1. The zero-order chi connectivity index (χ0) is 20.8. The number of ether oxygens (including phenoxy) is 2. The van der Waals surface area contributed by atoms with Gasteiger partial charge in [-0.05, 0) is 32.0 Å². The van der Waals surface area contributed by atoms with Crippen LogP contribution in [-0.4, -0.2) is 41.9 Å². The lowest BCUT2D eigenvalue weighted by Gasteiger charge is -2.13. The SMILES string of the molecule is CCOc1ccccc1C(=O)NCC(=O)O[C@H](C)C(=O)c1c[nH]c2ccccc12. The summed E-state index contributed by atoms with van der Waals surface area (Å²) < 4.78 is 10.6. The number of benzene rings is 2. The number of nitrogens with one attached hydrogen (secondary N) is 2. The first-order valence-electron chi connectivity index (χ1n) is 9.31. The van der Waals surface area contributed by atoms with Crippen LogP contribution in [0.15, 0.2) is 54.7 Å². The van der Waals surface area contributed by atoms with Gasteiger partial charge in [0.15, 0.2) is 6.10 Å². The number of carbonyl (C=O) groups is 3. The summed E-state index contributed by atoms with van der Waals surface area (Å²) in [4.78, 5) is 40.1. The van der Waals surface area contributed by atoms with E-state index in [2.05, 4.69) is 10.3 Å². The van der Waals surface area contributed by atoms with Gasteiger partial charge < -0.3 is 19.8 Å². The van der Waals surface area contributed by atoms with Crippen molar-refractivity contribution < 1.29 is 23.9 Å². The molecule has 0 aliphatic heterocycles. The quantitative estimate of drug-likeness (QED) is 0.452. The Morgan fingerprint density at radius 1 is 1.03 bits per heavy atom. The van der Waals surface area contributed by atoms with Gasteiger partial charge in [-0.2, -0.15) is 0 Å². The molecule has 3 aromatic rings. The first-order chi connectivity index (χ1) is 14.0. The van der Waals surface area contributed by atoms with E-state index in [0.29, 0.717) is 23.5 Å². The van der Waals surface area contributed by atoms with Gasteiger partial charge in [0.2, 0.25) is 5.78 Å². The van der Waals surface area contributed by atoms with E-state index in [1.54, 1.807) is 30.5 Å². The van der Waals surface area contributed by atoms with Crippen LogP contribution in [0, 0.1) is 0 Å². The number of ketones is 1. The minimum absolute atomic E-state index is 0.316. The predicted octanol–water partition coefficient (Wildman–Crippen LogP) is 3.11. The summed E-state index contributed by atoms with van der Waals surface area (Å²) in [5.41, 5.74) is 1.61. The fourth-order valence-electron chi connectivity index (χ4n) is 2.97. The number of carbonyl (C=O) groups excluding carboxylic acids is 3. The fourth-order valence-corrected chi connectivity index (χ4v) is 2.97. The van der Waals surface area contributed by atoms with Crippen LogP contribution in [0.1, 0.15) is 34.6 Å². The van der Waals surface area contributed by atoms with Gasteiger partial charge in [-0.15, -0.1) is 0 Å². The average Bonchev–Trinajstić information content (AvgIpc) is 3.16. The lowest BCUT2D eigenvalue weighted by molar-refractivity contribution is -0.145. The topological polar surface area (TPSA) is 97.5 Å². The molecular weight excluding hydrogens is 372 g/mol. The molecule has 1 atom stereocenters. The molecular formula is C22H22N2O5. The van der Waals surface area contributed by atoms with Gasteiger partial charge in [0.25, 0.3) is 5.91 Å². The summed E-state index contributed by atoms with van der Waals surface area (Å²) in [5, 5.41) is 3.26. The second-order valence-corrected chi connectivity index (χ2v) is 6.36. The molecule has 2 aromatic carbocycles. The van der Waals surface area contributed by atoms with Gasteiger partial charge in [-0.25, -0.2) is 0 Å². The maximum atomic E-state index is 12.6.